The molecule has 5 heteroatoms. The van der Waals surface area contributed by atoms with Gasteiger partial charge in [-0.3, -0.25) is 0 Å². The Morgan fingerprint density at radius 2 is 1.68 bits per heavy atom. The van der Waals surface area contributed by atoms with Crippen molar-refractivity contribution in [3.63, 3.8) is 0 Å². The van der Waals surface area contributed by atoms with Gasteiger partial charge in [-0.1, -0.05) is 12.8 Å². The van der Waals surface area contributed by atoms with Crippen molar-refractivity contribution in [2.24, 2.45) is 16.6 Å². The summed E-state index contributed by atoms with van der Waals surface area (Å²) in [7, 11) is 0. The molecule has 1 aliphatic rings. The summed E-state index contributed by atoms with van der Waals surface area (Å²) in [5.74, 6) is 0.0254. The van der Waals surface area contributed by atoms with Gasteiger partial charge in [0.25, 0.3) is 5.96 Å². The molecule has 0 radical (unpaired) electrons. The molecular formula is C14H22N5+. The lowest BCUT2D eigenvalue weighted by Gasteiger charge is -2.22. The van der Waals surface area contributed by atoms with Gasteiger partial charge in [-0.15, -0.1) is 5.10 Å². The van der Waals surface area contributed by atoms with E-state index in [1.807, 2.05) is 0 Å². The summed E-state index contributed by atoms with van der Waals surface area (Å²) < 4.78 is 0. The molecule has 1 saturated heterocycles. The average molecular weight is 260 g/mol. The van der Waals surface area contributed by atoms with Crippen LogP contribution < -0.4 is 21.5 Å². The summed E-state index contributed by atoms with van der Waals surface area (Å²) >= 11 is 0. The lowest BCUT2D eigenvalue weighted by atomic mass is 10.2. The number of anilines is 1. The predicted molar refractivity (Wildman–Crippen MR) is 79.1 cm³/mol. The first kappa shape index (κ1) is 13.4. The van der Waals surface area contributed by atoms with Crippen LogP contribution in [0, 0.1) is 0 Å². The van der Waals surface area contributed by atoms with Crippen LogP contribution in [0.4, 0.5) is 5.69 Å². The standard InChI is InChI=1S/C14H21N5/c15-14(16)18-17-11-12-5-7-13(8-6-12)19-9-3-1-2-4-10-19/h5-8,11H,1-4,9-10H2,(H4,15,16,18)/p+1/b17-11-. The number of hydrogen-bond donors (Lipinski definition) is 3. The van der Waals surface area contributed by atoms with Crippen LogP contribution in [-0.2, 0) is 0 Å². The van der Waals surface area contributed by atoms with Gasteiger partial charge < -0.3 is 16.4 Å². The highest BCUT2D eigenvalue weighted by Crippen LogP contribution is 2.19. The van der Waals surface area contributed by atoms with Gasteiger partial charge in [0, 0.05) is 29.4 Å². The van der Waals surface area contributed by atoms with Crippen molar-refractivity contribution in [3.8, 4) is 0 Å². The minimum atomic E-state index is 0.0254. The van der Waals surface area contributed by atoms with E-state index in [9.17, 15) is 0 Å². The minimum absolute atomic E-state index is 0.0254. The molecule has 1 heterocycles. The maximum absolute atomic E-state index is 5.23. The highest BCUT2D eigenvalue weighted by atomic mass is 15.3. The molecule has 19 heavy (non-hydrogen) atoms. The van der Waals surface area contributed by atoms with Crippen LogP contribution in [0.2, 0.25) is 0 Å². The van der Waals surface area contributed by atoms with E-state index in [-0.39, 0.29) is 5.96 Å². The van der Waals surface area contributed by atoms with Crippen LogP contribution >= 0.6 is 0 Å². The molecule has 0 aliphatic carbocycles. The Morgan fingerprint density at radius 1 is 1.05 bits per heavy atom. The third kappa shape index (κ3) is 4.28. The highest BCUT2D eigenvalue weighted by Gasteiger charge is 2.09. The van der Waals surface area contributed by atoms with Crippen LogP contribution in [-0.4, -0.2) is 25.3 Å². The summed E-state index contributed by atoms with van der Waals surface area (Å²) in [4.78, 5) is 2.46. The quantitative estimate of drug-likeness (QED) is 0.398. The summed E-state index contributed by atoms with van der Waals surface area (Å²) in [6, 6.07) is 8.42. The SMILES string of the molecule is NC(N)=N/[NH+]=C\c1ccc(N2CCCCCC2)cc1. The molecular weight excluding hydrogens is 238 g/mol. The van der Waals surface area contributed by atoms with E-state index in [0.29, 0.717) is 0 Å². The smallest absolute Gasteiger partial charge is 0.256 e. The molecule has 0 atom stereocenters. The number of nitrogens with one attached hydrogen (secondary N) is 1. The molecule has 1 aromatic rings. The molecule has 1 aliphatic heterocycles. The number of nitrogens with two attached hydrogens (primary N) is 2. The van der Waals surface area contributed by atoms with Crippen molar-refractivity contribution in [1.82, 2.24) is 0 Å². The van der Waals surface area contributed by atoms with Gasteiger partial charge in [0.1, 0.15) is 0 Å². The molecule has 5 N–H and O–H groups in total. The molecule has 0 bridgehead atoms. The fourth-order valence-corrected chi connectivity index (χ4v) is 2.29. The van der Waals surface area contributed by atoms with Gasteiger partial charge >= 0.3 is 0 Å². The fraction of sp³-hybridized carbons (Fsp3) is 0.429. The Morgan fingerprint density at radius 3 is 2.26 bits per heavy atom. The van der Waals surface area contributed by atoms with Crippen molar-refractivity contribution in [3.05, 3.63) is 29.8 Å². The molecule has 1 fully saturated rings. The van der Waals surface area contributed by atoms with Crippen LogP contribution in [0.5, 0.6) is 0 Å². The van der Waals surface area contributed by atoms with E-state index in [1.54, 1.807) is 6.21 Å². The van der Waals surface area contributed by atoms with Gasteiger partial charge in [-0.05, 0) is 37.1 Å². The Balaban J connectivity index is 2.01. The highest BCUT2D eigenvalue weighted by molar-refractivity contribution is 5.77. The normalized spacial score (nSPS) is 16.3. The number of nitrogens with zero attached hydrogens (tertiary/aromatic N) is 2. The van der Waals surface area contributed by atoms with Gasteiger partial charge in [0.2, 0.25) is 6.21 Å². The monoisotopic (exact) mass is 260 g/mol. The lowest BCUT2D eigenvalue weighted by Crippen LogP contribution is -2.63. The first-order valence-corrected chi connectivity index (χ1v) is 6.78. The van der Waals surface area contributed by atoms with Crippen molar-refractivity contribution in [2.45, 2.75) is 25.7 Å². The zero-order valence-corrected chi connectivity index (χ0v) is 11.2. The van der Waals surface area contributed by atoms with Crippen LogP contribution in [0.3, 0.4) is 0 Å². The number of hydrogen-bond acceptors (Lipinski definition) is 2. The molecule has 0 unspecified atom stereocenters. The molecule has 0 spiro atoms. The Hall–Kier alpha value is -2.04. The first-order valence-electron chi connectivity index (χ1n) is 6.78. The number of hydrazone groups is 1. The van der Waals surface area contributed by atoms with Crippen molar-refractivity contribution >= 4 is 17.9 Å². The van der Waals surface area contributed by atoms with Gasteiger partial charge in [-0.2, -0.15) is 0 Å². The average Bonchev–Trinajstić information content (AvgIpc) is 2.68. The van der Waals surface area contributed by atoms with E-state index in [0.717, 1.165) is 18.7 Å². The molecule has 0 amide bonds. The van der Waals surface area contributed by atoms with Crippen molar-refractivity contribution < 1.29 is 5.10 Å². The van der Waals surface area contributed by atoms with Gasteiger partial charge in [0.05, 0.1) is 0 Å². The summed E-state index contributed by atoms with van der Waals surface area (Å²) in [5, 5.41) is 6.41. The van der Waals surface area contributed by atoms with Crippen molar-refractivity contribution in [1.29, 1.82) is 0 Å². The lowest BCUT2D eigenvalue weighted by molar-refractivity contribution is -0.456. The van der Waals surface area contributed by atoms with Crippen LogP contribution in [0.25, 0.3) is 0 Å². The maximum atomic E-state index is 5.23. The van der Waals surface area contributed by atoms with E-state index >= 15 is 0 Å². The second kappa shape index (κ2) is 6.78. The number of rotatable bonds is 3. The van der Waals surface area contributed by atoms with Gasteiger partial charge in [-0.25, -0.2) is 0 Å². The zero-order valence-electron chi connectivity index (χ0n) is 11.2. The predicted octanol–water partition coefficient (Wildman–Crippen LogP) is -0.245. The zero-order chi connectivity index (χ0) is 13.5. The number of benzene rings is 1. The minimum Gasteiger partial charge on any atom is -0.372 e. The Labute approximate surface area is 114 Å². The molecule has 1 aromatic carbocycles. The molecule has 102 valence electrons. The first-order chi connectivity index (χ1) is 9.25. The van der Waals surface area contributed by atoms with Crippen LogP contribution in [0.15, 0.2) is 29.4 Å². The third-order valence-electron chi connectivity index (χ3n) is 3.29. The van der Waals surface area contributed by atoms with E-state index in [2.05, 4.69) is 39.4 Å². The Kier molecular flexibility index (Phi) is 4.78. The van der Waals surface area contributed by atoms with E-state index < -0.39 is 0 Å². The topological polar surface area (TPSA) is 81.6 Å². The van der Waals surface area contributed by atoms with Crippen molar-refractivity contribution in [2.75, 3.05) is 18.0 Å². The Bertz CT molecular complexity index is 437. The second-order valence-electron chi connectivity index (χ2n) is 4.80. The fourth-order valence-electron chi connectivity index (χ4n) is 2.29. The molecule has 2 rings (SSSR count). The summed E-state index contributed by atoms with van der Waals surface area (Å²) in [6.45, 7) is 2.32. The van der Waals surface area contributed by atoms with E-state index in [1.165, 1.54) is 31.4 Å². The van der Waals surface area contributed by atoms with Gasteiger partial charge in [0.15, 0.2) is 0 Å². The van der Waals surface area contributed by atoms with E-state index in [4.69, 9.17) is 11.5 Å². The maximum Gasteiger partial charge on any atom is 0.256 e. The third-order valence-corrected chi connectivity index (χ3v) is 3.29. The summed E-state index contributed by atoms with van der Waals surface area (Å²) in [6.07, 6.45) is 7.06. The van der Waals surface area contributed by atoms with Crippen LogP contribution in [0.1, 0.15) is 31.2 Å². The second-order valence-corrected chi connectivity index (χ2v) is 4.80. The molecule has 5 nitrogen and oxygen atoms in total. The molecule has 0 aromatic heterocycles. The number of guanidine groups is 1. The largest absolute Gasteiger partial charge is 0.372 e. The summed E-state index contributed by atoms with van der Waals surface area (Å²) in [5.41, 5.74) is 12.8. The molecule has 0 saturated carbocycles.